The van der Waals surface area contributed by atoms with Crippen LogP contribution in [-0.4, -0.2) is 46.4 Å². The highest BCUT2D eigenvalue weighted by Gasteiger charge is 2.51. The highest BCUT2D eigenvalue weighted by atomic mass is 19.3. The maximum absolute atomic E-state index is 13.3. The predicted octanol–water partition coefficient (Wildman–Crippen LogP) is 2.16. The molecule has 2 aromatic rings. The second-order valence-electron chi connectivity index (χ2n) is 6.17. The Bertz CT molecular complexity index is 779. The van der Waals surface area contributed by atoms with Crippen LogP contribution in [-0.2, 0) is 17.9 Å². The van der Waals surface area contributed by atoms with Crippen molar-refractivity contribution in [3.05, 3.63) is 47.8 Å². The Labute approximate surface area is 142 Å². The third kappa shape index (κ3) is 3.09. The Morgan fingerprint density at radius 1 is 1.28 bits per heavy atom. The Morgan fingerprint density at radius 2 is 2.08 bits per heavy atom. The molecule has 0 radical (unpaired) electrons. The number of halogens is 2. The summed E-state index contributed by atoms with van der Waals surface area (Å²) in [5, 5.41) is 4.36. The van der Waals surface area contributed by atoms with Crippen molar-refractivity contribution < 1.29 is 23.0 Å². The molecule has 2 aliphatic rings. The summed E-state index contributed by atoms with van der Waals surface area (Å²) in [4.78, 5) is 14.0. The normalized spacial score (nSPS) is 21.6. The molecule has 0 saturated carbocycles. The van der Waals surface area contributed by atoms with Crippen molar-refractivity contribution in [3.8, 4) is 5.75 Å². The predicted molar refractivity (Wildman–Crippen MR) is 83.3 cm³/mol. The molecular formula is C17H17F2N3O3. The molecule has 1 amide bonds. The number of nitrogens with zero attached hydrogens (tertiary/aromatic N) is 3. The summed E-state index contributed by atoms with van der Waals surface area (Å²) >= 11 is 0. The first-order valence-electron chi connectivity index (χ1n) is 8.08. The van der Waals surface area contributed by atoms with E-state index in [2.05, 4.69) is 9.84 Å². The molecule has 0 spiro atoms. The molecule has 0 aliphatic carbocycles. The van der Waals surface area contributed by atoms with Gasteiger partial charge in [-0.1, -0.05) is 18.2 Å². The van der Waals surface area contributed by atoms with Crippen molar-refractivity contribution in [1.82, 2.24) is 14.7 Å². The van der Waals surface area contributed by atoms with Crippen molar-refractivity contribution in [2.75, 3.05) is 19.7 Å². The first-order valence-corrected chi connectivity index (χ1v) is 8.08. The van der Waals surface area contributed by atoms with Crippen LogP contribution in [0.1, 0.15) is 16.2 Å². The number of para-hydroxylation sites is 1. The number of hydrogen-bond donors (Lipinski definition) is 0. The number of carbonyl (C=O) groups is 1. The molecule has 3 heterocycles. The van der Waals surface area contributed by atoms with Gasteiger partial charge >= 0.3 is 6.11 Å². The lowest BCUT2D eigenvalue weighted by molar-refractivity contribution is -0.358. The molecule has 0 bridgehead atoms. The lowest BCUT2D eigenvalue weighted by Gasteiger charge is -2.39. The standard InChI is InChI=1S/C17H17F2N3O3/c18-17(19)12(10-25-17)9-21-6-7-22-15(16(21)23)8-13(20-22)11-24-14-4-2-1-3-5-14/h1-5,8,12H,6-7,9-11H2. The smallest absolute Gasteiger partial charge is 0.362 e. The van der Waals surface area contributed by atoms with Crippen LogP contribution in [0.2, 0.25) is 0 Å². The molecule has 25 heavy (non-hydrogen) atoms. The molecule has 8 heteroatoms. The highest BCUT2D eigenvalue weighted by Crippen LogP contribution is 2.36. The number of ether oxygens (including phenoxy) is 2. The number of alkyl halides is 2. The first kappa shape index (κ1) is 16.0. The van der Waals surface area contributed by atoms with Crippen LogP contribution in [0.4, 0.5) is 8.78 Å². The Balaban J connectivity index is 1.42. The second-order valence-corrected chi connectivity index (χ2v) is 6.17. The van der Waals surface area contributed by atoms with E-state index in [1.807, 2.05) is 30.3 Å². The number of benzene rings is 1. The Hall–Kier alpha value is -2.48. The van der Waals surface area contributed by atoms with E-state index in [4.69, 9.17) is 4.74 Å². The summed E-state index contributed by atoms with van der Waals surface area (Å²) in [5.74, 6) is -0.507. The quantitative estimate of drug-likeness (QED) is 0.830. The van der Waals surface area contributed by atoms with Crippen LogP contribution in [0.15, 0.2) is 36.4 Å². The van der Waals surface area contributed by atoms with Crippen LogP contribution in [0.3, 0.4) is 0 Å². The summed E-state index contributed by atoms with van der Waals surface area (Å²) < 4.78 is 38.0. The number of carbonyl (C=O) groups excluding carboxylic acids is 1. The lowest BCUT2D eigenvalue weighted by Crippen LogP contribution is -2.54. The van der Waals surface area contributed by atoms with Crippen LogP contribution < -0.4 is 4.74 Å². The van der Waals surface area contributed by atoms with Gasteiger partial charge in [0.1, 0.15) is 23.7 Å². The van der Waals surface area contributed by atoms with E-state index in [0.29, 0.717) is 30.2 Å². The molecular weight excluding hydrogens is 332 g/mol. The van der Waals surface area contributed by atoms with Crippen LogP contribution in [0.5, 0.6) is 5.75 Å². The van der Waals surface area contributed by atoms with Crippen LogP contribution >= 0.6 is 0 Å². The average molecular weight is 349 g/mol. The maximum Gasteiger partial charge on any atom is 0.362 e. The number of aromatic nitrogens is 2. The van der Waals surface area contributed by atoms with Gasteiger partial charge in [-0.25, -0.2) is 0 Å². The molecule has 1 aromatic carbocycles. The van der Waals surface area contributed by atoms with Crippen molar-refractivity contribution >= 4 is 5.91 Å². The third-order valence-electron chi connectivity index (χ3n) is 4.44. The summed E-state index contributed by atoms with van der Waals surface area (Å²) in [6.45, 7) is 1.05. The zero-order valence-corrected chi connectivity index (χ0v) is 13.4. The molecule has 0 N–H and O–H groups in total. The molecule has 1 aromatic heterocycles. The largest absolute Gasteiger partial charge is 0.487 e. The minimum Gasteiger partial charge on any atom is -0.487 e. The summed E-state index contributed by atoms with van der Waals surface area (Å²) in [7, 11) is 0. The van der Waals surface area contributed by atoms with E-state index in [1.165, 1.54) is 4.90 Å². The van der Waals surface area contributed by atoms with Gasteiger partial charge in [-0.3, -0.25) is 9.48 Å². The lowest BCUT2D eigenvalue weighted by atomic mass is 10.0. The average Bonchev–Trinajstić information content (AvgIpc) is 3.03. The van der Waals surface area contributed by atoms with Crippen molar-refractivity contribution in [3.63, 3.8) is 0 Å². The third-order valence-corrected chi connectivity index (χ3v) is 4.44. The minimum absolute atomic E-state index is 0.00708. The molecule has 1 unspecified atom stereocenters. The van der Waals surface area contributed by atoms with Gasteiger partial charge in [0.15, 0.2) is 0 Å². The maximum atomic E-state index is 13.3. The van der Waals surface area contributed by atoms with Gasteiger partial charge in [0, 0.05) is 13.1 Å². The molecule has 4 rings (SSSR count). The second kappa shape index (κ2) is 6.11. The monoisotopic (exact) mass is 349 g/mol. The molecule has 1 fully saturated rings. The molecule has 1 saturated heterocycles. The zero-order chi connectivity index (χ0) is 17.4. The SMILES string of the molecule is O=C1c2cc(COc3ccccc3)nn2CCN1CC1COC1(F)F. The molecule has 1 atom stereocenters. The van der Waals surface area contributed by atoms with Crippen molar-refractivity contribution in [1.29, 1.82) is 0 Å². The van der Waals surface area contributed by atoms with Gasteiger partial charge in [0.2, 0.25) is 0 Å². The molecule has 132 valence electrons. The van der Waals surface area contributed by atoms with Crippen molar-refractivity contribution in [2.45, 2.75) is 19.3 Å². The van der Waals surface area contributed by atoms with Crippen molar-refractivity contribution in [2.24, 2.45) is 5.92 Å². The fraction of sp³-hybridized carbons (Fsp3) is 0.412. The summed E-state index contributed by atoms with van der Waals surface area (Å²) in [6, 6.07) is 11.0. The number of rotatable bonds is 5. The van der Waals surface area contributed by atoms with E-state index in [1.54, 1.807) is 10.7 Å². The van der Waals surface area contributed by atoms with Crippen LogP contribution in [0, 0.1) is 5.92 Å². The van der Waals surface area contributed by atoms with E-state index in [-0.39, 0.29) is 25.7 Å². The Morgan fingerprint density at radius 3 is 2.76 bits per heavy atom. The van der Waals surface area contributed by atoms with E-state index in [9.17, 15) is 13.6 Å². The fourth-order valence-electron chi connectivity index (χ4n) is 2.96. The van der Waals surface area contributed by atoms with Gasteiger partial charge in [-0.2, -0.15) is 13.9 Å². The number of hydrogen-bond acceptors (Lipinski definition) is 4. The number of amides is 1. The first-order chi connectivity index (χ1) is 12.0. The van der Waals surface area contributed by atoms with Gasteiger partial charge in [0.05, 0.1) is 19.1 Å². The summed E-state index contributed by atoms with van der Waals surface area (Å²) in [5.41, 5.74) is 1.04. The summed E-state index contributed by atoms with van der Waals surface area (Å²) in [6.07, 6.45) is -3.13. The van der Waals surface area contributed by atoms with Gasteiger partial charge < -0.3 is 14.4 Å². The molecule has 2 aliphatic heterocycles. The van der Waals surface area contributed by atoms with Gasteiger partial charge in [-0.15, -0.1) is 0 Å². The highest BCUT2D eigenvalue weighted by molar-refractivity contribution is 5.93. The topological polar surface area (TPSA) is 56.6 Å². The van der Waals surface area contributed by atoms with E-state index in [0.717, 1.165) is 0 Å². The van der Waals surface area contributed by atoms with Gasteiger partial charge in [0.25, 0.3) is 5.91 Å². The zero-order valence-electron chi connectivity index (χ0n) is 13.4. The molecule has 6 nitrogen and oxygen atoms in total. The minimum atomic E-state index is -3.13. The van der Waals surface area contributed by atoms with E-state index >= 15 is 0 Å². The van der Waals surface area contributed by atoms with Gasteiger partial charge in [-0.05, 0) is 18.2 Å². The van der Waals surface area contributed by atoms with Crippen LogP contribution in [0.25, 0.3) is 0 Å². The van der Waals surface area contributed by atoms with E-state index < -0.39 is 12.0 Å². The fourth-order valence-corrected chi connectivity index (χ4v) is 2.96. The number of fused-ring (bicyclic) bond motifs is 1. The Kier molecular flexibility index (Phi) is 3.91.